The van der Waals surface area contributed by atoms with Crippen molar-refractivity contribution in [1.82, 2.24) is 9.55 Å². The van der Waals surface area contributed by atoms with Crippen LogP contribution in [0.4, 0.5) is 0 Å². The molecule has 0 amide bonds. The molecule has 1 aliphatic carbocycles. The minimum Gasteiger partial charge on any atom is -0.493 e. The van der Waals surface area contributed by atoms with Crippen molar-refractivity contribution in [3.8, 4) is 17.2 Å². The molecule has 0 saturated heterocycles. The minimum absolute atomic E-state index is 0.00294. The Kier molecular flexibility index (Phi) is 4.90. The quantitative estimate of drug-likeness (QED) is 0.481. The molecule has 27 heavy (non-hydrogen) atoms. The maximum Gasteiger partial charge on any atom is 0.267 e. The molecule has 2 heterocycles. The molecule has 4 rings (SSSR count). The molecule has 142 valence electrons. The number of fused-ring (bicyclic) bond motifs is 3. The van der Waals surface area contributed by atoms with Crippen molar-refractivity contribution in [3.63, 3.8) is 0 Å². The zero-order chi connectivity index (χ0) is 19.1. The fourth-order valence-corrected chi connectivity index (χ4v) is 5.52. The summed E-state index contributed by atoms with van der Waals surface area (Å²) in [5, 5.41) is 1.47. The van der Waals surface area contributed by atoms with Crippen molar-refractivity contribution < 1.29 is 9.47 Å². The first-order valence-corrected chi connectivity index (χ1v) is 10.9. The van der Waals surface area contributed by atoms with Crippen molar-refractivity contribution in [2.75, 3.05) is 20.5 Å². The van der Waals surface area contributed by atoms with Crippen molar-refractivity contribution in [2.45, 2.75) is 31.3 Å². The van der Waals surface area contributed by atoms with E-state index in [0.717, 1.165) is 28.7 Å². The summed E-state index contributed by atoms with van der Waals surface area (Å²) in [6.07, 6.45) is 5.12. The highest BCUT2D eigenvalue weighted by atomic mass is 32.2. The molecular weight excluding hydrogens is 380 g/mol. The molecule has 5 nitrogen and oxygen atoms in total. The third-order valence-electron chi connectivity index (χ3n) is 5.10. The van der Waals surface area contributed by atoms with Crippen LogP contribution in [-0.2, 0) is 12.8 Å². The van der Waals surface area contributed by atoms with Gasteiger partial charge >= 0.3 is 0 Å². The molecule has 0 fully saturated rings. The SMILES string of the molecule is COc1ccc(-n2c(SC)nc3sc4c(c3c2=O)CC(C)CC4)cc1OC. The monoisotopic (exact) mass is 402 g/mol. The molecule has 1 aliphatic rings. The number of aryl methyl sites for hydroxylation is 1. The van der Waals surface area contributed by atoms with Gasteiger partial charge in [0.2, 0.25) is 0 Å². The summed E-state index contributed by atoms with van der Waals surface area (Å²) >= 11 is 3.16. The van der Waals surface area contributed by atoms with Crippen LogP contribution in [0.25, 0.3) is 15.9 Å². The molecule has 0 saturated carbocycles. The number of rotatable bonds is 4. The summed E-state index contributed by atoms with van der Waals surface area (Å²) in [6.45, 7) is 2.25. The Bertz CT molecular complexity index is 1070. The molecule has 0 N–H and O–H groups in total. The molecule has 2 aromatic heterocycles. The van der Waals surface area contributed by atoms with E-state index in [-0.39, 0.29) is 5.56 Å². The Morgan fingerprint density at radius 2 is 2.04 bits per heavy atom. The summed E-state index contributed by atoms with van der Waals surface area (Å²) in [7, 11) is 3.20. The molecular formula is C20H22N2O3S2. The van der Waals surface area contributed by atoms with Crippen LogP contribution >= 0.6 is 23.1 Å². The van der Waals surface area contributed by atoms with Gasteiger partial charge in [0.25, 0.3) is 5.56 Å². The Balaban J connectivity index is 1.99. The molecule has 0 radical (unpaired) electrons. The first kappa shape index (κ1) is 18.4. The number of thioether (sulfide) groups is 1. The van der Waals surface area contributed by atoms with Gasteiger partial charge in [0, 0.05) is 10.9 Å². The maximum atomic E-state index is 13.5. The summed E-state index contributed by atoms with van der Waals surface area (Å²) in [4.78, 5) is 20.6. The van der Waals surface area contributed by atoms with Crippen LogP contribution in [0.5, 0.6) is 11.5 Å². The number of benzene rings is 1. The highest BCUT2D eigenvalue weighted by Crippen LogP contribution is 2.37. The van der Waals surface area contributed by atoms with Crippen molar-refractivity contribution >= 4 is 33.3 Å². The van der Waals surface area contributed by atoms with Gasteiger partial charge in [-0.25, -0.2) is 4.98 Å². The van der Waals surface area contributed by atoms with E-state index in [2.05, 4.69) is 6.92 Å². The van der Waals surface area contributed by atoms with Crippen LogP contribution in [0.1, 0.15) is 23.8 Å². The lowest BCUT2D eigenvalue weighted by Gasteiger charge is -2.18. The van der Waals surface area contributed by atoms with E-state index in [9.17, 15) is 4.79 Å². The molecule has 3 aromatic rings. The molecule has 0 spiro atoms. The maximum absolute atomic E-state index is 13.5. The Morgan fingerprint density at radius 1 is 1.26 bits per heavy atom. The molecule has 0 aliphatic heterocycles. The van der Waals surface area contributed by atoms with Gasteiger partial charge in [-0.2, -0.15) is 0 Å². The second-order valence-corrected chi connectivity index (χ2v) is 8.67. The fraction of sp³-hybridized carbons (Fsp3) is 0.400. The van der Waals surface area contributed by atoms with Gasteiger partial charge in [-0.1, -0.05) is 18.7 Å². The average molecular weight is 403 g/mol. The van der Waals surface area contributed by atoms with Gasteiger partial charge in [0.05, 0.1) is 25.3 Å². The van der Waals surface area contributed by atoms with Gasteiger partial charge in [-0.05, 0) is 49.1 Å². The second kappa shape index (κ2) is 7.20. The van der Waals surface area contributed by atoms with Crippen LogP contribution < -0.4 is 15.0 Å². The van der Waals surface area contributed by atoms with Crippen LogP contribution in [0.3, 0.4) is 0 Å². The fourth-order valence-electron chi connectivity index (χ4n) is 3.71. The highest BCUT2D eigenvalue weighted by Gasteiger charge is 2.25. The number of methoxy groups -OCH3 is 2. The number of hydrogen-bond donors (Lipinski definition) is 0. The number of hydrogen-bond acceptors (Lipinski definition) is 6. The second-order valence-electron chi connectivity index (χ2n) is 6.81. The zero-order valence-electron chi connectivity index (χ0n) is 15.9. The number of aromatic nitrogens is 2. The summed E-state index contributed by atoms with van der Waals surface area (Å²) < 4.78 is 12.4. The predicted molar refractivity (Wildman–Crippen MR) is 111 cm³/mol. The Labute approximate surface area is 166 Å². The van der Waals surface area contributed by atoms with E-state index in [0.29, 0.717) is 22.6 Å². The van der Waals surface area contributed by atoms with E-state index in [1.54, 1.807) is 30.1 Å². The molecule has 0 bridgehead atoms. The van der Waals surface area contributed by atoms with E-state index >= 15 is 0 Å². The summed E-state index contributed by atoms with van der Waals surface area (Å²) in [5.41, 5.74) is 1.94. The normalized spacial score (nSPS) is 16.4. The topological polar surface area (TPSA) is 53.4 Å². The lowest BCUT2D eigenvalue weighted by Crippen LogP contribution is -2.22. The van der Waals surface area contributed by atoms with E-state index in [1.165, 1.54) is 28.6 Å². The lowest BCUT2D eigenvalue weighted by atomic mass is 9.89. The number of ether oxygens (including phenoxy) is 2. The third kappa shape index (κ3) is 3.02. The van der Waals surface area contributed by atoms with Gasteiger partial charge in [-0.3, -0.25) is 9.36 Å². The summed E-state index contributed by atoms with van der Waals surface area (Å²) in [6, 6.07) is 5.52. The molecule has 1 atom stereocenters. The van der Waals surface area contributed by atoms with Crippen molar-refractivity contribution in [2.24, 2.45) is 5.92 Å². The Morgan fingerprint density at radius 3 is 2.74 bits per heavy atom. The summed E-state index contributed by atoms with van der Waals surface area (Å²) in [5.74, 6) is 1.83. The van der Waals surface area contributed by atoms with Gasteiger partial charge in [-0.15, -0.1) is 11.3 Å². The minimum atomic E-state index is 0.00294. The third-order valence-corrected chi connectivity index (χ3v) is 6.93. The van der Waals surface area contributed by atoms with Gasteiger partial charge in [0.1, 0.15) is 4.83 Å². The van der Waals surface area contributed by atoms with Crippen LogP contribution in [0, 0.1) is 5.92 Å². The van der Waals surface area contributed by atoms with Crippen LogP contribution in [0.2, 0.25) is 0 Å². The predicted octanol–water partition coefficient (Wildman–Crippen LogP) is 4.31. The largest absolute Gasteiger partial charge is 0.493 e. The zero-order valence-corrected chi connectivity index (χ0v) is 17.5. The smallest absolute Gasteiger partial charge is 0.267 e. The number of nitrogens with zero attached hydrogens (tertiary/aromatic N) is 2. The van der Waals surface area contributed by atoms with E-state index < -0.39 is 0 Å². The van der Waals surface area contributed by atoms with Crippen molar-refractivity contribution in [3.05, 3.63) is 39.0 Å². The van der Waals surface area contributed by atoms with Crippen LogP contribution in [0.15, 0.2) is 28.2 Å². The lowest BCUT2D eigenvalue weighted by molar-refractivity contribution is 0.354. The number of thiophene rings is 1. The van der Waals surface area contributed by atoms with E-state index in [1.807, 2.05) is 24.5 Å². The first-order valence-electron chi connectivity index (χ1n) is 8.91. The molecule has 1 aromatic carbocycles. The molecule has 7 heteroatoms. The molecule has 1 unspecified atom stereocenters. The van der Waals surface area contributed by atoms with Gasteiger partial charge < -0.3 is 9.47 Å². The van der Waals surface area contributed by atoms with Crippen molar-refractivity contribution in [1.29, 1.82) is 0 Å². The highest BCUT2D eigenvalue weighted by molar-refractivity contribution is 7.98. The van der Waals surface area contributed by atoms with Gasteiger partial charge in [0.15, 0.2) is 16.7 Å². The van der Waals surface area contributed by atoms with E-state index in [4.69, 9.17) is 14.5 Å². The first-order chi connectivity index (χ1) is 13.1. The average Bonchev–Trinajstić information content (AvgIpc) is 3.05. The van der Waals surface area contributed by atoms with Crippen LogP contribution in [-0.4, -0.2) is 30.0 Å². The Hall–Kier alpha value is -1.99. The standard InChI is InChI=1S/C20H22N2O3S2/c1-11-5-8-16-13(9-11)17-18(27-16)21-20(26-4)22(19(17)23)12-6-7-14(24-2)15(10-12)25-3/h6-7,10-11H,5,8-9H2,1-4H3.